The number of unbranched alkanes of at least 4 members (excludes halogenated alkanes) is 3. The van der Waals surface area contributed by atoms with Crippen LogP contribution in [0.15, 0.2) is 30.3 Å². The van der Waals surface area contributed by atoms with Gasteiger partial charge < -0.3 is 19.9 Å². The fourth-order valence-electron chi connectivity index (χ4n) is 4.02. The van der Waals surface area contributed by atoms with Gasteiger partial charge in [-0.25, -0.2) is 9.97 Å². The van der Waals surface area contributed by atoms with E-state index in [1.54, 1.807) is 0 Å². The molecule has 0 aliphatic carbocycles. The number of nitrogens with one attached hydrogen (secondary N) is 1. The van der Waals surface area contributed by atoms with Gasteiger partial charge in [-0.15, -0.1) is 0 Å². The fourth-order valence-corrected chi connectivity index (χ4v) is 4.02. The Balaban J connectivity index is 1.64. The number of morpholine rings is 1. The van der Waals surface area contributed by atoms with Gasteiger partial charge in [-0.3, -0.25) is 4.79 Å². The van der Waals surface area contributed by atoms with Crippen LogP contribution in [0.25, 0.3) is 0 Å². The van der Waals surface area contributed by atoms with Gasteiger partial charge in [0.15, 0.2) is 7.85 Å². The van der Waals surface area contributed by atoms with Crippen molar-refractivity contribution in [1.29, 1.82) is 0 Å². The predicted molar refractivity (Wildman–Crippen MR) is 135 cm³/mol. The number of rotatable bonds is 11. The lowest BCUT2D eigenvalue weighted by Gasteiger charge is -2.28. The lowest BCUT2D eigenvalue weighted by atomic mass is 10.1. The van der Waals surface area contributed by atoms with Crippen LogP contribution in [0.4, 0.5) is 11.5 Å². The summed E-state index contributed by atoms with van der Waals surface area (Å²) < 4.78 is 5.41. The monoisotopic (exact) mass is 449 g/mol. The second-order valence-corrected chi connectivity index (χ2v) is 8.49. The summed E-state index contributed by atoms with van der Waals surface area (Å²) in [5.41, 5.74) is 2.66. The number of ether oxygens (including phenoxy) is 1. The van der Waals surface area contributed by atoms with Gasteiger partial charge in [-0.2, -0.15) is 0 Å². The van der Waals surface area contributed by atoms with E-state index in [0.29, 0.717) is 11.3 Å². The van der Waals surface area contributed by atoms with Gasteiger partial charge in [0, 0.05) is 43.5 Å². The zero-order valence-corrected chi connectivity index (χ0v) is 20.2. The van der Waals surface area contributed by atoms with Gasteiger partial charge in [-0.05, 0) is 44.5 Å². The van der Waals surface area contributed by atoms with Crippen molar-refractivity contribution < 1.29 is 9.53 Å². The zero-order chi connectivity index (χ0) is 23.6. The quantitative estimate of drug-likeness (QED) is 0.420. The molecule has 1 saturated heterocycles. The summed E-state index contributed by atoms with van der Waals surface area (Å²) in [5, 5.41) is 3.05. The third-order valence-electron chi connectivity index (χ3n) is 6.03. The Hall–Kier alpha value is -2.61. The van der Waals surface area contributed by atoms with E-state index in [2.05, 4.69) is 38.9 Å². The molecule has 1 unspecified atom stereocenters. The number of amides is 1. The van der Waals surface area contributed by atoms with E-state index in [-0.39, 0.29) is 17.7 Å². The summed E-state index contributed by atoms with van der Waals surface area (Å²) in [5.74, 6) is 0.675. The maximum absolute atomic E-state index is 12.8. The van der Waals surface area contributed by atoms with Gasteiger partial charge in [-0.1, -0.05) is 26.2 Å². The highest BCUT2D eigenvalue weighted by Crippen LogP contribution is 2.19. The van der Waals surface area contributed by atoms with Crippen molar-refractivity contribution in [3.8, 4) is 0 Å². The van der Waals surface area contributed by atoms with E-state index in [1.165, 1.54) is 19.3 Å². The third kappa shape index (κ3) is 7.19. The molecule has 2 aromatic rings. The van der Waals surface area contributed by atoms with Crippen LogP contribution in [-0.2, 0) is 4.74 Å². The van der Waals surface area contributed by atoms with Crippen LogP contribution >= 0.6 is 0 Å². The molecule has 7 nitrogen and oxygen atoms in total. The minimum Gasteiger partial charge on any atom is -0.378 e. The largest absolute Gasteiger partial charge is 0.378 e. The van der Waals surface area contributed by atoms with Crippen molar-refractivity contribution in [2.24, 2.45) is 0 Å². The van der Waals surface area contributed by atoms with E-state index < -0.39 is 0 Å². The first-order chi connectivity index (χ1) is 16.0. The van der Waals surface area contributed by atoms with Gasteiger partial charge in [0.25, 0.3) is 5.91 Å². The Kier molecular flexibility index (Phi) is 9.54. The van der Waals surface area contributed by atoms with Crippen LogP contribution in [0.3, 0.4) is 0 Å². The molecule has 0 saturated carbocycles. The molecule has 1 aliphatic rings. The first-order valence-electron chi connectivity index (χ1n) is 12.1. The molecule has 0 spiro atoms. The Morgan fingerprint density at radius 1 is 1.15 bits per heavy atom. The summed E-state index contributed by atoms with van der Waals surface area (Å²) in [4.78, 5) is 26.2. The highest BCUT2D eigenvalue weighted by molar-refractivity contribution is 6.29. The topological polar surface area (TPSA) is 70.6 Å². The van der Waals surface area contributed by atoms with E-state index in [4.69, 9.17) is 12.6 Å². The molecule has 2 heterocycles. The minimum absolute atomic E-state index is 0.137. The van der Waals surface area contributed by atoms with E-state index >= 15 is 0 Å². The molecule has 2 radical (unpaired) electrons. The molecular formula is C25H36BN5O2. The second-order valence-electron chi connectivity index (χ2n) is 8.49. The summed E-state index contributed by atoms with van der Waals surface area (Å²) in [6.07, 6.45) is 4.78. The zero-order valence-electron chi connectivity index (χ0n) is 20.2. The molecule has 3 rings (SSSR count). The lowest BCUT2D eigenvalue weighted by Crippen LogP contribution is -2.36. The molecule has 0 bridgehead atoms. The molecule has 1 N–H and O–H groups in total. The number of aromatic nitrogens is 2. The first kappa shape index (κ1) is 25.0. The average molecular weight is 449 g/mol. The molecule has 1 aromatic carbocycles. The molecule has 176 valence electrons. The summed E-state index contributed by atoms with van der Waals surface area (Å²) in [6.45, 7) is 11.2. The third-order valence-corrected chi connectivity index (χ3v) is 6.03. The average Bonchev–Trinajstić information content (AvgIpc) is 2.84. The fraction of sp³-hybridized carbons (Fsp3) is 0.560. The maximum Gasteiger partial charge on any atom is 0.251 e. The Morgan fingerprint density at radius 3 is 2.55 bits per heavy atom. The van der Waals surface area contributed by atoms with Gasteiger partial charge in [0.05, 0.1) is 30.7 Å². The first-order valence-corrected chi connectivity index (χ1v) is 12.1. The SMILES string of the molecule is [B]c1nc(C(C)NC(=O)c2ccc(N3CCOCC3)cc2)cc(N(CC)CCCCCC)n1. The number of hydrogen-bond donors (Lipinski definition) is 1. The highest BCUT2D eigenvalue weighted by Gasteiger charge is 2.17. The Morgan fingerprint density at radius 2 is 1.88 bits per heavy atom. The molecule has 1 atom stereocenters. The van der Waals surface area contributed by atoms with E-state index in [9.17, 15) is 4.79 Å². The number of carbonyl (C=O) groups excluding carboxylic acids is 1. The lowest BCUT2D eigenvalue weighted by molar-refractivity contribution is 0.0939. The van der Waals surface area contributed by atoms with Crippen LogP contribution in [0, 0.1) is 0 Å². The van der Waals surface area contributed by atoms with Crippen LogP contribution in [0.5, 0.6) is 0 Å². The predicted octanol–water partition coefficient (Wildman–Crippen LogP) is 3.00. The number of anilines is 2. The van der Waals surface area contributed by atoms with Crippen LogP contribution < -0.4 is 20.8 Å². The van der Waals surface area contributed by atoms with Crippen molar-refractivity contribution in [3.63, 3.8) is 0 Å². The number of nitrogens with zero attached hydrogens (tertiary/aromatic N) is 4. The van der Waals surface area contributed by atoms with Crippen LogP contribution in [0.2, 0.25) is 0 Å². The van der Waals surface area contributed by atoms with E-state index in [0.717, 1.165) is 57.3 Å². The normalized spacial score (nSPS) is 14.7. The molecule has 33 heavy (non-hydrogen) atoms. The molecule has 1 aromatic heterocycles. The standard InChI is InChI=1S/C25H36BN5O2/c1-4-6-7-8-13-30(5-2)23-18-22(28-25(26)29-23)19(3)27-24(32)20-9-11-21(12-10-20)31-14-16-33-17-15-31/h9-12,18-19H,4-8,13-17H2,1-3H3,(H,27,32). The molecule has 1 fully saturated rings. The van der Waals surface area contributed by atoms with Crippen molar-refractivity contribution in [2.45, 2.75) is 52.5 Å². The van der Waals surface area contributed by atoms with Crippen LogP contribution in [-0.4, -0.2) is 63.1 Å². The van der Waals surface area contributed by atoms with E-state index in [1.807, 2.05) is 37.3 Å². The minimum atomic E-state index is -0.292. The van der Waals surface area contributed by atoms with Gasteiger partial charge in [0.2, 0.25) is 0 Å². The number of carbonyl (C=O) groups is 1. The highest BCUT2D eigenvalue weighted by atomic mass is 16.5. The van der Waals surface area contributed by atoms with Crippen molar-refractivity contribution in [2.75, 3.05) is 49.2 Å². The van der Waals surface area contributed by atoms with Crippen molar-refractivity contribution >= 4 is 31.0 Å². The molecule has 8 heteroatoms. The maximum atomic E-state index is 12.8. The smallest absolute Gasteiger partial charge is 0.251 e. The Labute approximate surface area is 199 Å². The number of benzene rings is 1. The molecule has 1 aliphatic heterocycles. The van der Waals surface area contributed by atoms with Crippen molar-refractivity contribution in [1.82, 2.24) is 15.3 Å². The number of hydrogen-bond acceptors (Lipinski definition) is 6. The Bertz CT molecular complexity index is 887. The van der Waals surface area contributed by atoms with Crippen molar-refractivity contribution in [3.05, 3.63) is 41.6 Å². The van der Waals surface area contributed by atoms with Gasteiger partial charge in [0.1, 0.15) is 5.82 Å². The molecular weight excluding hydrogens is 413 g/mol. The summed E-state index contributed by atoms with van der Waals surface area (Å²) in [6, 6.07) is 9.35. The summed E-state index contributed by atoms with van der Waals surface area (Å²) in [7, 11) is 6.02. The van der Waals surface area contributed by atoms with Gasteiger partial charge >= 0.3 is 0 Å². The molecule has 1 amide bonds. The van der Waals surface area contributed by atoms with Crippen LogP contribution in [0.1, 0.15) is 68.5 Å². The second kappa shape index (κ2) is 12.6. The summed E-state index contributed by atoms with van der Waals surface area (Å²) >= 11 is 0.